The van der Waals surface area contributed by atoms with Crippen molar-refractivity contribution >= 4 is 23.4 Å². The fourth-order valence-electron chi connectivity index (χ4n) is 4.24. The van der Waals surface area contributed by atoms with Crippen molar-refractivity contribution in [1.29, 1.82) is 0 Å². The van der Waals surface area contributed by atoms with E-state index in [4.69, 9.17) is 9.98 Å². The molecule has 0 bridgehead atoms. The highest BCUT2D eigenvalue weighted by Gasteiger charge is 2.39. The lowest BCUT2D eigenvalue weighted by molar-refractivity contribution is 0.347. The minimum absolute atomic E-state index is 0.216. The Bertz CT molecular complexity index is 813. The van der Waals surface area contributed by atoms with E-state index in [0.29, 0.717) is 0 Å². The molecular formula is C20H28N8. The van der Waals surface area contributed by atoms with Gasteiger partial charge in [-0.25, -0.2) is 4.99 Å². The van der Waals surface area contributed by atoms with Crippen molar-refractivity contribution in [3.63, 3.8) is 0 Å². The van der Waals surface area contributed by atoms with Gasteiger partial charge in [-0.1, -0.05) is 0 Å². The number of guanidine groups is 2. The number of aliphatic imine (C=N–C) groups is 2. The zero-order valence-corrected chi connectivity index (χ0v) is 16.7. The number of hydrogen-bond acceptors (Lipinski definition) is 8. The number of amidine groups is 1. The summed E-state index contributed by atoms with van der Waals surface area (Å²) in [5.41, 5.74) is 5.48. The van der Waals surface area contributed by atoms with Gasteiger partial charge in [0.15, 0.2) is 5.84 Å². The van der Waals surface area contributed by atoms with Gasteiger partial charge in [0, 0.05) is 51.5 Å². The van der Waals surface area contributed by atoms with Crippen molar-refractivity contribution < 1.29 is 0 Å². The summed E-state index contributed by atoms with van der Waals surface area (Å²) in [5.74, 6) is 2.73. The molecule has 4 aliphatic rings. The van der Waals surface area contributed by atoms with Gasteiger partial charge in [-0.2, -0.15) is 10.1 Å². The van der Waals surface area contributed by atoms with E-state index < -0.39 is 0 Å². The second-order valence-electron chi connectivity index (χ2n) is 7.98. The monoisotopic (exact) mass is 380 g/mol. The zero-order chi connectivity index (χ0) is 19.1. The number of likely N-dealkylation sites (tertiary alicyclic amines) is 2. The number of nitrogens with zero attached hydrogens (tertiary/aromatic N) is 7. The summed E-state index contributed by atoms with van der Waals surface area (Å²) in [6, 6.07) is 8.50. The van der Waals surface area contributed by atoms with E-state index in [1.54, 1.807) is 0 Å². The van der Waals surface area contributed by atoms with Crippen LogP contribution < -0.4 is 10.3 Å². The van der Waals surface area contributed by atoms with Crippen LogP contribution in [0.25, 0.3) is 0 Å². The molecule has 0 aliphatic carbocycles. The third kappa shape index (κ3) is 2.96. The minimum Gasteiger partial charge on any atom is -0.378 e. The maximum Gasteiger partial charge on any atom is 0.227 e. The number of anilines is 1. The summed E-state index contributed by atoms with van der Waals surface area (Å²) in [6.07, 6.45) is 4.65. The number of fused-ring (bicyclic) bond motifs is 1. The quantitative estimate of drug-likeness (QED) is 0.843. The first kappa shape index (κ1) is 17.3. The van der Waals surface area contributed by atoms with Crippen molar-refractivity contribution in [1.82, 2.24) is 20.1 Å². The molecular weight excluding hydrogens is 352 g/mol. The molecule has 8 heteroatoms. The molecule has 1 unspecified atom stereocenters. The summed E-state index contributed by atoms with van der Waals surface area (Å²) in [5, 5.41) is 4.65. The van der Waals surface area contributed by atoms with Crippen LogP contribution in [0.4, 0.5) is 5.69 Å². The van der Waals surface area contributed by atoms with Crippen LogP contribution in [0.5, 0.6) is 0 Å². The van der Waals surface area contributed by atoms with E-state index in [1.807, 2.05) is 0 Å². The van der Waals surface area contributed by atoms with Crippen LogP contribution in [0.1, 0.15) is 31.2 Å². The van der Waals surface area contributed by atoms with Crippen LogP contribution in [-0.2, 0) is 0 Å². The Morgan fingerprint density at radius 1 is 0.929 bits per heavy atom. The predicted octanol–water partition coefficient (Wildman–Crippen LogP) is 1.52. The van der Waals surface area contributed by atoms with Gasteiger partial charge in [-0.05, 0) is 49.9 Å². The molecule has 28 heavy (non-hydrogen) atoms. The predicted molar refractivity (Wildman–Crippen MR) is 113 cm³/mol. The van der Waals surface area contributed by atoms with Crippen LogP contribution in [-0.4, -0.2) is 79.0 Å². The van der Waals surface area contributed by atoms with Gasteiger partial charge in [0.25, 0.3) is 0 Å². The molecule has 0 spiro atoms. The highest BCUT2D eigenvalue weighted by Crippen LogP contribution is 2.25. The fraction of sp³-hybridized carbons (Fsp3) is 0.550. The van der Waals surface area contributed by atoms with Crippen molar-refractivity contribution in [2.45, 2.75) is 32.0 Å². The Hall–Kier alpha value is -2.77. The number of benzene rings is 1. The first-order valence-corrected chi connectivity index (χ1v) is 10.3. The van der Waals surface area contributed by atoms with E-state index in [-0.39, 0.29) is 6.29 Å². The van der Waals surface area contributed by atoms with Gasteiger partial charge in [0.2, 0.25) is 18.2 Å². The summed E-state index contributed by atoms with van der Waals surface area (Å²) in [4.78, 5) is 18.9. The number of hydrazone groups is 1. The average molecular weight is 381 g/mol. The molecule has 4 aliphatic heterocycles. The largest absolute Gasteiger partial charge is 0.378 e. The normalized spacial score (nSPS) is 24.0. The third-order valence-electron chi connectivity index (χ3n) is 5.83. The van der Waals surface area contributed by atoms with Crippen molar-refractivity contribution in [3.05, 3.63) is 29.8 Å². The zero-order valence-electron chi connectivity index (χ0n) is 16.7. The molecule has 8 nitrogen and oxygen atoms in total. The van der Waals surface area contributed by atoms with Gasteiger partial charge in [0.1, 0.15) is 0 Å². The summed E-state index contributed by atoms with van der Waals surface area (Å²) in [6.45, 7) is 4.18. The Morgan fingerprint density at radius 3 is 2.21 bits per heavy atom. The standard InChI is InChI=1S/C20H28N8/c1-25(2)16-9-7-15(8-10-16)17-23-24-19-21-18(26-11-3-4-12-26)22-20(28(17)19)27-13-5-6-14-27/h7-10,19,24H,3-6,11-14H2,1-2H3. The summed E-state index contributed by atoms with van der Waals surface area (Å²) >= 11 is 0. The number of nitrogens with one attached hydrogen (secondary N) is 1. The Morgan fingerprint density at radius 2 is 1.57 bits per heavy atom. The Balaban J connectivity index is 1.47. The van der Waals surface area contributed by atoms with Gasteiger partial charge < -0.3 is 14.7 Å². The molecule has 148 valence electrons. The lowest BCUT2D eigenvalue weighted by atomic mass is 10.1. The molecule has 0 amide bonds. The Kier molecular flexibility index (Phi) is 4.33. The number of rotatable bonds is 2. The molecule has 2 fully saturated rings. The minimum atomic E-state index is -0.216. The van der Waals surface area contributed by atoms with Gasteiger partial charge in [-0.3, -0.25) is 10.3 Å². The van der Waals surface area contributed by atoms with Gasteiger partial charge >= 0.3 is 0 Å². The summed E-state index contributed by atoms with van der Waals surface area (Å²) in [7, 11) is 4.11. The highest BCUT2D eigenvalue weighted by molar-refractivity contribution is 6.13. The first-order chi connectivity index (χ1) is 13.7. The summed E-state index contributed by atoms with van der Waals surface area (Å²) < 4.78 is 0. The second kappa shape index (κ2) is 7.00. The van der Waals surface area contributed by atoms with E-state index >= 15 is 0 Å². The molecule has 0 aromatic heterocycles. The average Bonchev–Trinajstić information content (AvgIpc) is 3.48. The van der Waals surface area contributed by atoms with E-state index in [2.05, 4.69) is 68.5 Å². The van der Waals surface area contributed by atoms with E-state index in [1.165, 1.54) is 31.4 Å². The van der Waals surface area contributed by atoms with Crippen LogP contribution in [0.15, 0.2) is 39.4 Å². The van der Waals surface area contributed by atoms with Crippen molar-refractivity contribution in [3.8, 4) is 0 Å². The van der Waals surface area contributed by atoms with Gasteiger partial charge in [-0.15, -0.1) is 0 Å². The molecule has 2 saturated heterocycles. The van der Waals surface area contributed by atoms with Crippen LogP contribution in [0.3, 0.4) is 0 Å². The lowest BCUT2D eigenvalue weighted by Crippen LogP contribution is -2.54. The third-order valence-corrected chi connectivity index (χ3v) is 5.83. The molecule has 1 aromatic carbocycles. The highest BCUT2D eigenvalue weighted by atomic mass is 15.6. The maximum absolute atomic E-state index is 5.03. The topological polar surface area (TPSA) is 62.1 Å². The lowest BCUT2D eigenvalue weighted by Gasteiger charge is -2.35. The van der Waals surface area contributed by atoms with Crippen LogP contribution in [0, 0.1) is 0 Å². The van der Waals surface area contributed by atoms with Crippen molar-refractivity contribution in [2.24, 2.45) is 15.1 Å². The van der Waals surface area contributed by atoms with Gasteiger partial charge in [0.05, 0.1) is 0 Å². The molecule has 0 saturated carbocycles. The van der Waals surface area contributed by atoms with Crippen LogP contribution >= 0.6 is 0 Å². The molecule has 0 radical (unpaired) electrons. The fourth-order valence-corrected chi connectivity index (χ4v) is 4.24. The molecule has 5 rings (SSSR count). The Labute approximate surface area is 166 Å². The molecule has 1 N–H and O–H groups in total. The second-order valence-corrected chi connectivity index (χ2v) is 7.98. The molecule has 4 heterocycles. The molecule has 1 atom stereocenters. The number of hydrogen-bond donors (Lipinski definition) is 1. The smallest absolute Gasteiger partial charge is 0.227 e. The molecule has 1 aromatic rings. The SMILES string of the molecule is CN(C)c1ccc(C2=NNC3N=C(N4CCCC4)N=C(N4CCCC4)N23)cc1. The van der Waals surface area contributed by atoms with Crippen molar-refractivity contribution in [2.75, 3.05) is 45.2 Å². The van der Waals surface area contributed by atoms with E-state index in [9.17, 15) is 0 Å². The van der Waals surface area contributed by atoms with E-state index in [0.717, 1.165) is 49.5 Å². The van der Waals surface area contributed by atoms with Crippen LogP contribution in [0.2, 0.25) is 0 Å². The first-order valence-electron chi connectivity index (χ1n) is 10.3. The maximum atomic E-state index is 5.03.